The number of hydrogen-bond donors (Lipinski definition) is 2. The summed E-state index contributed by atoms with van der Waals surface area (Å²) < 4.78 is -0.118. The molecule has 0 spiro atoms. The van der Waals surface area contributed by atoms with Gasteiger partial charge in [-0.3, -0.25) is 4.79 Å². The minimum atomic E-state index is -0.403. The summed E-state index contributed by atoms with van der Waals surface area (Å²) in [6.07, 6.45) is 0.117. The Bertz CT molecular complexity index is 128. The highest BCUT2D eigenvalue weighted by Gasteiger charge is 2.15. The summed E-state index contributed by atoms with van der Waals surface area (Å²) in [6.45, 7) is 4.21. The lowest BCUT2D eigenvalue weighted by molar-refractivity contribution is -0.120. The molecule has 66 valence electrons. The van der Waals surface area contributed by atoms with E-state index in [2.05, 4.69) is 5.32 Å². The van der Waals surface area contributed by atoms with Gasteiger partial charge in [0.15, 0.2) is 0 Å². The molecule has 0 unspecified atom stereocenters. The average Bonchev–Trinajstić information content (AvgIpc) is 1.86. The summed E-state index contributed by atoms with van der Waals surface area (Å²) >= 11 is 2.03. The van der Waals surface area contributed by atoms with Crippen LogP contribution in [0.3, 0.4) is 0 Å². The van der Waals surface area contributed by atoms with E-state index in [1.807, 2.05) is 29.5 Å². The first-order valence-electron chi connectivity index (χ1n) is 3.67. The monoisotopic (exact) mass is 271 g/mol. The maximum Gasteiger partial charge on any atom is 0.233 e. The van der Waals surface area contributed by atoms with Gasteiger partial charge < -0.3 is 10.4 Å². The van der Waals surface area contributed by atoms with Gasteiger partial charge in [0.1, 0.15) is 0 Å². The Morgan fingerprint density at radius 2 is 2.27 bits per heavy atom. The highest BCUT2D eigenvalue weighted by molar-refractivity contribution is 14.1. The predicted molar refractivity (Wildman–Crippen MR) is 52.8 cm³/mol. The van der Waals surface area contributed by atoms with Crippen molar-refractivity contribution in [3.63, 3.8) is 0 Å². The van der Waals surface area contributed by atoms with E-state index < -0.39 is 6.10 Å². The lowest BCUT2D eigenvalue weighted by Crippen LogP contribution is -2.32. The number of rotatable bonds is 4. The highest BCUT2D eigenvalue weighted by atomic mass is 127. The normalized spacial score (nSPS) is 15.6. The van der Waals surface area contributed by atoms with Crippen LogP contribution in [0.4, 0.5) is 0 Å². The standard InChI is InChI=1S/C7H14INO2/c1-3-9-7(11)6(8)4-5(2)10/h5-6,10H,3-4H2,1-2H3,(H,9,11)/t5-,6-/m0/s1. The van der Waals surface area contributed by atoms with E-state index in [9.17, 15) is 4.79 Å². The second-order valence-electron chi connectivity index (χ2n) is 2.45. The Morgan fingerprint density at radius 1 is 1.73 bits per heavy atom. The third-order valence-electron chi connectivity index (χ3n) is 1.18. The molecule has 0 aliphatic rings. The zero-order valence-electron chi connectivity index (χ0n) is 6.80. The second kappa shape index (κ2) is 5.77. The molecule has 2 N–H and O–H groups in total. The second-order valence-corrected chi connectivity index (χ2v) is 3.95. The van der Waals surface area contributed by atoms with E-state index in [-0.39, 0.29) is 9.83 Å². The van der Waals surface area contributed by atoms with Crippen LogP contribution in [0, 0.1) is 0 Å². The first-order valence-corrected chi connectivity index (χ1v) is 4.92. The number of aliphatic hydroxyl groups excluding tert-OH is 1. The molecule has 0 aliphatic carbocycles. The molecule has 0 saturated carbocycles. The van der Waals surface area contributed by atoms with Crippen molar-refractivity contribution in [1.82, 2.24) is 5.32 Å². The Labute approximate surface area is 80.7 Å². The molecule has 2 atom stereocenters. The molecule has 0 fully saturated rings. The number of aliphatic hydroxyl groups is 1. The van der Waals surface area contributed by atoms with Crippen molar-refractivity contribution >= 4 is 28.5 Å². The first kappa shape index (κ1) is 11.2. The highest BCUT2D eigenvalue weighted by Crippen LogP contribution is 2.08. The lowest BCUT2D eigenvalue weighted by atomic mass is 10.2. The van der Waals surface area contributed by atoms with Crippen LogP contribution in [0.15, 0.2) is 0 Å². The summed E-state index contributed by atoms with van der Waals surface area (Å²) in [5, 5.41) is 11.6. The molecular formula is C7H14INO2. The number of amides is 1. The van der Waals surface area contributed by atoms with Crippen molar-refractivity contribution in [3.05, 3.63) is 0 Å². The van der Waals surface area contributed by atoms with E-state index >= 15 is 0 Å². The molecule has 1 amide bonds. The van der Waals surface area contributed by atoms with Crippen LogP contribution < -0.4 is 5.32 Å². The minimum absolute atomic E-state index is 0.00833. The van der Waals surface area contributed by atoms with Gasteiger partial charge >= 0.3 is 0 Å². The molecular weight excluding hydrogens is 257 g/mol. The zero-order valence-corrected chi connectivity index (χ0v) is 8.96. The lowest BCUT2D eigenvalue weighted by Gasteiger charge is -2.10. The van der Waals surface area contributed by atoms with E-state index in [4.69, 9.17) is 5.11 Å². The van der Waals surface area contributed by atoms with E-state index in [0.29, 0.717) is 13.0 Å². The largest absolute Gasteiger partial charge is 0.393 e. The van der Waals surface area contributed by atoms with Crippen molar-refractivity contribution in [1.29, 1.82) is 0 Å². The van der Waals surface area contributed by atoms with E-state index in [1.165, 1.54) is 0 Å². The molecule has 0 bridgehead atoms. The molecule has 3 nitrogen and oxygen atoms in total. The van der Waals surface area contributed by atoms with Crippen molar-refractivity contribution in [2.45, 2.75) is 30.3 Å². The van der Waals surface area contributed by atoms with Crippen LogP contribution in [0.1, 0.15) is 20.3 Å². The number of hydrogen-bond acceptors (Lipinski definition) is 2. The molecule has 0 aromatic carbocycles. The summed E-state index contributed by atoms with van der Waals surface area (Å²) in [4.78, 5) is 11.0. The summed E-state index contributed by atoms with van der Waals surface area (Å²) in [5.74, 6) is 0.00833. The number of carbonyl (C=O) groups excluding carboxylic acids is 1. The number of nitrogens with one attached hydrogen (secondary N) is 1. The van der Waals surface area contributed by atoms with Crippen LogP contribution >= 0.6 is 22.6 Å². The van der Waals surface area contributed by atoms with Gasteiger partial charge in [0, 0.05) is 6.54 Å². The molecule has 11 heavy (non-hydrogen) atoms. The molecule has 4 heteroatoms. The zero-order chi connectivity index (χ0) is 8.85. The van der Waals surface area contributed by atoms with Crippen molar-refractivity contribution < 1.29 is 9.90 Å². The van der Waals surface area contributed by atoms with Crippen molar-refractivity contribution in [3.8, 4) is 0 Å². The van der Waals surface area contributed by atoms with Gasteiger partial charge in [-0.15, -0.1) is 0 Å². The molecule has 0 heterocycles. The first-order chi connectivity index (χ1) is 5.07. The molecule has 0 aromatic heterocycles. The van der Waals surface area contributed by atoms with Gasteiger partial charge in [-0.25, -0.2) is 0 Å². The topological polar surface area (TPSA) is 49.3 Å². The van der Waals surface area contributed by atoms with Gasteiger partial charge in [-0.1, -0.05) is 22.6 Å². The molecule has 0 rings (SSSR count). The summed E-state index contributed by atoms with van der Waals surface area (Å²) in [6, 6.07) is 0. The molecule has 0 aromatic rings. The van der Waals surface area contributed by atoms with Crippen LogP contribution in [0.2, 0.25) is 0 Å². The predicted octanol–water partition coefficient (Wildman–Crippen LogP) is 0.697. The smallest absolute Gasteiger partial charge is 0.233 e. The van der Waals surface area contributed by atoms with E-state index in [1.54, 1.807) is 6.92 Å². The average molecular weight is 271 g/mol. The maximum absolute atomic E-state index is 11.0. The van der Waals surface area contributed by atoms with Crippen LogP contribution in [-0.2, 0) is 4.79 Å². The Morgan fingerprint density at radius 3 is 2.64 bits per heavy atom. The van der Waals surface area contributed by atoms with Crippen molar-refractivity contribution in [2.24, 2.45) is 0 Å². The fraction of sp³-hybridized carbons (Fsp3) is 0.857. The maximum atomic E-state index is 11.0. The minimum Gasteiger partial charge on any atom is -0.393 e. The van der Waals surface area contributed by atoms with Gasteiger partial charge in [0.05, 0.1) is 10.0 Å². The van der Waals surface area contributed by atoms with Crippen molar-refractivity contribution in [2.75, 3.05) is 6.54 Å². The Hall–Kier alpha value is 0.160. The van der Waals surface area contributed by atoms with Gasteiger partial charge in [-0.05, 0) is 20.3 Å². The quantitative estimate of drug-likeness (QED) is 0.584. The third-order valence-corrected chi connectivity index (χ3v) is 2.26. The van der Waals surface area contributed by atoms with Gasteiger partial charge in [0.2, 0.25) is 5.91 Å². The van der Waals surface area contributed by atoms with Gasteiger partial charge in [-0.2, -0.15) is 0 Å². The van der Waals surface area contributed by atoms with Crippen LogP contribution in [0.25, 0.3) is 0 Å². The Balaban J connectivity index is 3.64. The summed E-state index contributed by atoms with van der Waals surface area (Å²) in [5.41, 5.74) is 0. The SMILES string of the molecule is CCNC(=O)[C@@H](I)C[C@H](C)O. The molecule has 0 radical (unpaired) electrons. The molecule has 0 aliphatic heterocycles. The number of halogens is 1. The van der Waals surface area contributed by atoms with Gasteiger partial charge in [0.25, 0.3) is 0 Å². The Kier molecular flexibility index (Phi) is 5.85. The fourth-order valence-electron chi connectivity index (χ4n) is 0.691. The fourth-order valence-corrected chi connectivity index (χ4v) is 1.65. The number of carbonyl (C=O) groups is 1. The van der Waals surface area contributed by atoms with Crippen LogP contribution in [-0.4, -0.2) is 27.6 Å². The summed E-state index contributed by atoms with van der Waals surface area (Å²) in [7, 11) is 0. The third kappa shape index (κ3) is 5.43. The molecule has 0 saturated heterocycles. The van der Waals surface area contributed by atoms with E-state index in [0.717, 1.165) is 0 Å². The number of alkyl halides is 1. The van der Waals surface area contributed by atoms with Crippen LogP contribution in [0.5, 0.6) is 0 Å².